The number of rotatable bonds is 2. The lowest BCUT2D eigenvalue weighted by atomic mass is 10.6. The molecule has 1 heterocycles. The van der Waals surface area contributed by atoms with Crippen LogP contribution in [0.25, 0.3) is 0 Å². The predicted molar refractivity (Wildman–Crippen MR) is 33.4 cm³/mol. The molecule has 0 unspecified atom stereocenters. The number of alkyl halides is 2. The summed E-state index contributed by atoms with van der Waals surface area (Å²) in [7, 11) is 0. The van der Waals surface area contributed by atoms with Crippen LogP contribution in [-0.2, 0) is 0 Å². The van der Waals surface area contributed by atoms with Crippen molar-refractivity contribution in [1.82, 2.24) is 9.97 Å². The SMILES string of the molecule is Cc1nccc(OC(F)F)n1. The molecule has 0 saturated carbocycles. The van der Waals surface area contributed by atoms with Crippen LogP contribution in [0.3, 0.4) is 0 Å². The van der Waals surface area contributed by atoms with Gasteiger partial charge in [0.1, 0.15) is 5.82 Å². The molecule has 0 aliphatic heterocycles. The minimum absolute atomic E-state index is 0.104. The van der Waals surface area contributed by atoms with E-state index in [1.165, 1.54) is 12.3 Å². The second-order valence-corrected chi connectivity index (χ2v) is 1.82. The molecule has 1 aromatic heterocycles. The van der Waals surface area contributed by atoms with Crippen molar-refractivity contribution in [2.75, 3.05) is 0 Å². The average molecular weight is 160 g/mol. The Morgan fingerprint density at radius 2 is 2.27 bits per heavy atom. The maximum absolute atomic E-state index is 11.6. The molecule has 60 valence electrons. The summed E-state index contributed by atoms with van der Waals surface area (Å²) < 4.78 is 27.1. The van der Waals surface area contributed by atoms with E-state index in [-0.39, 0.29) is 5.88 Å². The Balaban J connectivity index is 2.71. The summed E-state index contributed by atoms with van der Waals surface area (Å²) in [6, 6.07) is 1.28. The quantitative estimate of drug-likeness (QED) is 0.655. The van der Waals surface area contributed by atoms with Crippen LogP contribution in [0.4, 0.5) is 8.78 Å². The number of hydrogen-bond acceptors (Lipinski definition) is 3. The lowest BCUT2D eigenvalue weighted by Crippen LogP contribution is -2.04. The van der Waals surface area contributed by atoms with Crippen molar-refractivity contribution in [2.24, 2.45) is 0 Å². The Morgan fingerprint density at radius 3 is 2.82 bits per heavy atom. The molecule has 0 atom stereocenters. The Morgan fingerprint density at radius 1 is 1.55 bits per heavy atom. The molecule has 1 rings (SSSR count). The van der Waals surface area contributed by atoms with Gasteiger partial charge in [0.15, 0.2) is 0 Å². The fourth-order valence-corrected chi connectivity index (χ4v) is 0.591. The number of halogens is 2. The molecular weight excluding hydrogens is 154 g/mol. The smallest absolute Gasteiger partial charge is 0.388 e. The number of nitrogens with zero attached hydrogens (tertiary/aromatic N) is 2. The van der Waals surface area contributed by atoms with Crippen molar-refractivity contribution in [3.63, 3.8) is 0 Å². The first kappa shape index (κ1) is 7.84. The zero-order chi connectivity index (χ0) is 8.27. The van der Waals surface area contributed by atoms with Gasteiger partial charge in [-0.3, -0.25) is 0 Å². The van der Waals surface area contributed by atoms with Gasteiger partial charge in [-0.25, -0.2) is 4.98 Å². The van der Waals surface area contributed by atoms with Gasteiger partial charge in [0.05, 0.1) is 0 Å². The molecule has 0 bridgehead atoms. The first-order chi connectivity index (χ1) is 5.18. The monoisotopic (exact) mass is 160 g/mol. The number of aryl methyl sites for hydroxylation is 1. The third-order valence-corrected chi connectivity index (χ3v) is 0.960. The molecule has 5 heteroatoms. The number of hydrogen-bond donors (Lipinski definition) is 0. The third-order valence-electron chi connectivity index (χ3n) is 0.960. The van der Waals surface area contributed by atoms with Gasteiger partial charge in [-0.1, -0.05) is 0 Å². The molecule has 1 aromatic rings. The van der Waals surface area contributed by atoms with E-state index in [0.29, 0.717) is 5.82 Å². The van der Waals surface area contributed by atoms with Crippen LogP contribution < -0.4 is 4.74 Å². The molecule has 0 aliphatic carbocycles. The van der Waals surface area contributed by atoms with Crippen LogP contribution in [-0.4, -0.2) is 16.6 Å². The van der Waals surface area contributed by atoms with Gasteiger partial charge < -0.3 is 4.74 Å². The Bertz CT molecular complexity index is 242. The van der Waals surface area contributed by atoms with Crippen LogP contribution in [0, 0.1) is 6.92 Å². The topological polar surface area (TPSA) is 35.0 Å². The number of aromatic nitrogens is 2. The fourth-order valence-electron chi connectivity index (χ4n) is 0.591. The summed E-state index contributed by atoms with van der Waals surface area (Å²) in [4.78, 5) is 7.31. The highest BCUT2D eigenvalue weighted by Gasteiger charge is 2.04. The Labute approximate surface area is 62.0 Å². The van der Waals surface area contributed by atoms with Crippen molar-refractivity contribution in [3.05, 3.63) is 18.1 Å². The highest BCUT2D eigenvalue weighted by atomic mass is 19.3. The first-order valence-corrected chi connectivity index (χ1v) is 2.93. The normalized spacial score (nSPS) is 10.2. The second kappa shape index (κ2) is 3.23. The molecule has 0 radical (unpaired) electrons. The number of ether oxygens (including phenoxy) is 1. The van der Waals surface area contributed by atoms with Crippen molar-refractivity contribution in [2.45, 2.75) is 13.5 Å². The van der Waals surface area contributed by atoms with E-state index in [2.05, 4.69) is 14.7 Å². The average Bonchev–Trinajstić information content (AvgIpc) is 1.85. The summed E-state index contributed by atoms with van der Waals surface area (Å²) in [5, 5.41) is 0. The molecule has 11 heavy (non-hydrogen) atoms. The van der Waals surface area contributed by atoms with Crippen LogP contribution in [0.2, 0.25) is 0 Å². The highest BCUT2D eigenvalue weighted by Crippen LogP contribution is 2.07. The van der Waals surface area contributed by atoms with Crippen LogP contribution >= 0.6 is 0 Å². The lowest BCUT2D eigenvalue weighted by molar-refractivity contribution is -0.0530. The van der Waals surface area contributed by atoms with Crippen LogP contribution in [0.5, 0.6) is 5.88 Å². The molecular formula is C6H6F2N2O. The summed E-state index contributed by atoms with van der Waals surface area (Å²) in [6.07, 6.45) is 1.36. The van der Waals surface area contributed by atoms with E-state index in [1.54, 1.807) is 6.92 Å². The standard InChI is InChI=1S/C6H6F2N2O/c1-4-9-3-2-5(10-4)11-6(7)8/h2-3,6H,1H3. The van der Waals surface area contributed by atoms with E-state index in [1.807, 2.05) is 0 Å². The van der Waals surface area contributed by atoms with E-state index in [0.717, 1.165) is 0 Å². The summed E-state index contributed by atoms with van der Waals surface area (Å²) >= 11 is 0. The summed E-state index contributed by atoms with van der Waals surface area (Å²) in [6.45, 7) is -1.23. The fraction of sp³-hybridized carbons (Fsp3) is 0.333. The molecule has 0 aliphatic rings. The summed E-state index contributed by atoms with van der Waals surface area (Å²) in [5.74, 6) is 0.302. The maximum atomic E-state index is 11.6. The molecule has 0 aromatic carbocycles. The van der Waals surface area contributed by atoms with Crippen molar-refractivity contribution >= 4 is 0 Å². The van der Waals surface area contributed by atoms with Crippen LogP contribution in [0.15, 0.2) is 12.3 Å². The van der Waals surface area contributed by atoms with Gasteiger partial charge in [-0.2, -0.15) is 13.8 Å². The Kier molecular flexibility index (Phi) is 2.30. The molecule has 0 N–H and O–H groups in total. The largest absolute Gasteiger partial charge is 0.417 e. The van der Waals surface area contributed by atoms with E-state index in [4.69, 9.17) is 0 Å². The summed E-state index contributed by atoms with van der Waals surface area (Å²) in [5.41, 5.74) is 0. The van der Waals surface area contributed by atoms with E-state index < -0.39 is 6.61 Å². The van der Waals surface area contributed by atoms with Gasteiger partial charge in [-0.15, -0.1) is 0 Å². The van der Waals surface area contributed by atoms with E-state index >= 15 is 0 Å². The first-order valence-electron chi connectivity index (χ1n) is 2.93. The third kappa shape index (κ3) is 2.45. The molecule has 0 fully saturated rings. The molecule has 3 nitrogen and oxygen atoms in total. The van der Waals surface area contributed by atoms with Crippen LogP contribution in [0.1, 0.15) is 5.82 Å². The zero-order valence-corrected chi connectivity index (χ0v) is 5.79. The Hall–Kier alpha value is -1.26. The zero-order valence-electron chi connectivity index (χ0n) is 5.79. The lowest BCUT2D eigenvalue weighted by Gasteiger charge is -2.01. The second-order valence-electron chi connectivity index (χ2n) is 1.82. The van der Waals surface area contributed by atoms with Gasteiger partial charge >= 0.3 is 6.61 Å². The minimum atomic E-state index is -2.83. The van der Waals surface area contributed by atoms with Gasteiger partial charge in [0.2, 0.25) is 5.88 Å². The van der Waals surface area contributed by atoms with Crippen molar-refractivity contribution < 1.29 is 13.5 Å². The molecule has 0 spiro atoms. The van der Waals surface area contributed by atoms with Gasteiger partial charge in [-0.05, 0) is 6.92 Å². The maximum Gasteiger partial charge on any atom is 0.388 e. The highest BCUT2D eigenvalue weighted by molar-refractivity contribution is 5.07. The van der Waals surface area contributed by atoms with Crippen molar-refractivity contribution in [3.8, 4) is 5.88 Å². The van der Waals surface area contributed by atoms with Crippen molar-refractivity contribution in [1.29, 1.82) is 0 Å². The predicted octanol–water partition coefficient (Wildman–Crippen LogP) is 1.39. The van der Waals surface area contributed by atoms with Gasteiger partial charge in [0, 0.05) is 12.3 Å². The molecule has 0 saturated heterocycles. The minimum Gasteiger partial charge on any atom is -0.417 e. The molecule has 0 amide bonds. The van der Waals surface area contributed by atoms with Gasteiger partial charge in [0.25, 0.3) is 0 Å². The van der Waals surface area contributed by atoms with E-state index in [9.17, 15) is 8.78 Å².